The first kappa shape index (κ1) is 11.0. The first-order chi connectivity index (χ1) is 6.65. The lowest BCUT2D eigenvalue weighted by molar-refractivity contribution is 0.856. The van der Waals surface area contributed by atoms with Crippen LogP contribution in [0.2, 0.25) is 0 Å². The van der Waals surface area contributed by atoms with Crippen LogP contribution in [0.3, 0.4) is 0 Å². The maximum absolute atomic E-state index is 2.30. The highest BCUT2D eigenvalue weighted by molar-refractivity contribution is 5.52. The zero-order valence-electron chi connectivity index (χ0n) is 9.67. The van der Waals surface area contributed by atoms with Gasteiger partial charge < -0.3 is 0 Å². The largest absolute Gasteiger partial charge is 0.0842 e. The molecule has 0 radical (unpaired) electrons. The fourth-order valence-corrected chi connectivity index (χ4v) is 1.64. The quantitative estimate of drug-likeness (QED) is 0.653. The average Bonchev–Trinajstić information content (AvgIpc) is 2.16. The highest BCUT2D eigenvalue weighted by Gasteiger charge is 2.02. The van der Waals surface area contributed by atoms with Crippen LogP contribution in [0, 0.1) is 6.92 Å². The smallest absolute Gasteiger partial charge is 0.0216 e. The van der Waals surface area contributed by atoms with Gasteiger partial charge in [-0.1, -0.05) is 51.1 Å². The van der Waals surface area contributed by atoms with E-state index in [0.717, 1.165) is 6.42 Å². The van der Waals surface area contributed by atoms with Crippen molar-refractivity contribution in [1.29, 1.82) is 0 Å². The fourth-order valence-electron chi connectivity index (χ4n) is 1.64. The van der Waals surface area contributed by atoms with Gasteiger partial charge in [-0.05, 0) is 36.0 Å². The number of rotatable bonds is 3. The molecular weight excluding hydrogens is 168 g/mol. The molecule has 0 bridgehead atoms. The van der Waals surface area contributed by atoms with Crippen molar-refractivity contribution in [3.8, 4) is 0 Å². The molecule has 0 aromatic heterocycles. The van der Waals surface area contributed by atoms with Gasteiger partial charge in [0.15, 0.2) is 0 Å². The Morgan fingerprint density at radius 1 is 1.29 bits per heavy atom. The molecular formula is C14H20. The molecule has 0 N–H and O–H groups in total. The van der Waals surface area contributed by atoms with Gasteiger partial charge in [0.05, 0.1) is 0 Å². The molecule has 0 heterocycles. The zero-order valence-corrected chi connectivity index (χ0v) is 9.67. The van der Waals surface area contributed by atoms with E-state index < -0.39 is 0 Å². The Labute approximate surface area is 87.7 Å². The van der Waals surface area contributed by atoms with E-state index in [4.69, 9.17) is 0 Å². The normalized spacial score (nSPS) is 11.5. The molecule has 0 fully saturated rings. The van der Waals surface area contributed by atoms with E-state index in [2.05, 4.69) is 58.0 Å². The van der Waals surface area contributed by atoms with E-state index in [1.54, 1.807) is 0 Å². The minimum atomic E-state index is 0.616. The van der Waals surface area contributed by atoms with Gasteiger partial charge in [-0.25, -0.2) is 0 Å². The summed E-state index contributed by atoms with van der Waals surface area (Å²) in [5, 5.41) is 0. The van der Waals surface area contributed by atoms with E-state index in [1.165, 1.54) is 16.7 Å². The predicted molar refractivity (Wildman–Crippen MR) is 64.6 cm³/mol. The van der Waals surface area contributed by atoms with E-state index in [1.807, 2.05) is 0 Å². The third-order valence-electron chi connectivity index (χ3n) is 2.47. The van der Waals surface area contributed by atoms with E-state index in [9.17, 15) is 0 Å². The Morgan fingerprint density at radius 2 is 2.00 bits per heavy atom. The molecule has 0 heteroatoms. The lowest BCUT2D eigenvalue weighted by atomic mass is 9.96. The highest BCUT2D eigenvalue weighted by Crippen LogP contribution is 2.20. The fraction of sp³-hybridized carbons (Fsp3) is 0.429. The predicted octanol–water partition coefficient (Wildman–Crippen LogP) is 4.54. The number of aryl methyl sites for hydroxylation is 1. The Bertz CT molecular complexity index is 319. The first-order valence-electron chi connectivity index (χ1n) is 5.42. The van der Waals surface area contributed by atoms with Crippen LogP contribution < -0.4 is 0 Å². The Hall–Kier alpha value is -1.04. The number of hydrogen-bond acceptors (Lipinski definition) is 0. The second kappa shape index (κ2) is 4.99. The molecule has 0 aliphatic rings. The van der Waals surface area contributed by atoms with Crippen LogP contribution in [0.5, 0.6) is 0 Å². The molecule has 0 aliphatic carbocycles. The van der Waals surface area contributed by atoms with Crippen molar-refractivity contribution in [1.82, 2.24) is 0 Å². The standard InChI is InChI=1S/C14H20/c1-5-6-7-13-9-8-12(4)14(10-13)11(2)3/h6-11H,5H2,1-4H3/b7-6+. The van der Waals surface area contributed by atoms with Crippen molar-refractivity contribution >= 4 is 6.08 Å². The van der Waals surface area contributed by atoms with Gasteiger partial charge in [-0.15, -0.1) is 0 Å². The summed E-state index contributed by atoms with van der Waals surface area (Å²) in [6, 6.07) is 6.70. The van der Waals surface area contributed by atoms with Crippen LogP contribution in [0.1, 0.15) is 49.8 Å². The van der Waals surface area contributed by atoms with Crippen LogP contribution in [-0.2, 0) is 0 Å². The summed E-state index contributed by atoms with van der Waals surface area (Å²) in [7, 11) is 0. The lowest BCUT2D eigenvalue weighted by Crippen LogP contribution is -1.92. The summed E-state index contributed by atoms with van der Waals surface area (Å²) in [6.45, 7) is 8.84. The van der Waals surface area contributed by atoms with Crippen molar-refractivity contribution in [2.45, 2.75) is 40.0 Å². The second-order valence-electron chi connectivity index (χ2n) is 4.08. The Balaban J connectivity index is 3.00. The summed E-state index contributed by atoms with van der Waals surface area (Å²) in [6.07, 6.45) is 5.50. The van der Waals surface area contributed by atoms with Crippen molar-refractivity contribution < 1.29 is 0 Å². The SMILES string of the molecule is CC/C=C/c1ccc(C)c(C(C)C)c1. The summed E-state index contributed by atoms with van der Waals surface area (Å²) in [5.41, 5.74) is 4.18. The van der Waals surface area contributed by atoms with Crippen LogP contribution in [-0.4, -0.2) is 0 Å². The van der Waals surface area contributed by atoms with Crippen LogP contribution in [0.4, 0.5) is 0 Å². The lowest BCUT2D eigenvalue weighted by Gasteiger charge is -2.10. The molecule has 0 amide bonds. The van der Waals surface area contributed by atoms with Gasteiger partial charge in [0.1, 0.15) is 0 Å². The minimum absolute atomic E-state index is 0.616. The topological polar surface area (TPSA) is 0 Å². The van der Waals surface area contributed by atoms with Gasteiger partial charge in [-0.2, -0.15) is 0 Å². The first-order valence-corrected chi connectivity index (χ1v) is 5.42. The Morgan fingerprint density at radius 3 is 2.57 bits per heavy atom. The number of benzene rings is 1. The summed E-state index contributed by atoms with van der Waals surface area (Å²) in [4.78, 5) is 0. The molecule has 76 valence electrons. The number of allylic oxidation sites excluding steroid dienone is 1. The van der Waals surface area contributed by atoms with Crippen molar-refractivity contribution in [2.24, 2.45) is 0 Å². The zero-order chi connectivity index (χ0) is 10.6. The summed E-state index contributed by atoms with van der Waals surface area (Å²) < 4.78 is 0. The molecule has 0 aliphatic heterocycles. The molecule has 1 rings (SSSR count). The van der Waals surface area contributed by atoms with Gasteiger partial charge in [-0.3, -0.25) is 0 Å². The van der Waals surface area contributed by atoms with Gasteiger partial charge in [0, 0.05) is 0 Å². The maximum atomic E-state index is 2.30. The molecule has 0 spiro atoms. The maximum Gasteiger partial charge on any atom is -0.0216 e. The van der Waals surface area contributed by atoms with Gasteiger partial charge in [0.2, 0.25) is 0 Å². The molecule has 0 saturated carbocycles. The molecule has 0 atom stereocenters. The van der Waals surface area contributed by atoms with Crippen LogP contribution in [0.15, 0.2) is 24.3 Å². The van der Waals surface area contributed by atoms with Gasteiger partial charge >= 0.3 is 0 Å². The third-order valence-corrected chi connectivity index (χ3v) is 2.47. The van der Waals surface area contributed by atoms with Crippen molar-refractivity contribution in [3.05, 3.63) is 41.0 Å². The molecule has 0 unspecified atom stereocenters. The minimum Gasteiger partial charge on any atom is -0.0842 e. The Kier molecular flexibility index (Phi) is 3.94. The summed E-state index contributed by atoms with van der Waals surface area (Å²) >= 11 is 0. The molecule has 1 aromatic carbocycles. The average molecular weight is 188 g/mol. The molecule has 0 nitrogen and oxygen atoms in total. The highest BCUT2D eigenvalue weighted by atomic mass is 14.1. The van der Waals surface area contributed by atoms with Crippen LogP contribution in [0.25, 0.3) is 6.08 Å². The molecule has 0 saturated heterocycles. The van der Waals surface area contributed by atoms with Crippen molar-refractivity contribution in [2.75, 3.05) is 0 Å². The summed E-state index contributed by atoms with van der Waals surface area (Å²) in [5.74, 6) is 0.616. The van der Waals surface area contributed by atoms with E-state index >= 15 is 0 Å². The molecule has 14 heavy (non-hydrogen) atoms. The van der Waals surface area contributed by atoms with E-state index in [0.29, 0.717) is 5.92 Å². The third kappa shape index (κ3) is 2.73. The van der Waals surface area contributed by atoms with Gasteiger partial charge in [0.25, 0.3) is 0 Å². The molecule has 1 aromatic rings. The monoisotopic (exact) mass is 188 g/mol. The number of hydrogen-bond donors (Lipinski definition) is 0. The van der Waals surface area contributed by atoms with Crippen LogP contribution >= 0.6 is 0 Å². The van der Waals surface area contributed by atoms with E-state index in [-0.39, 0.29) is 0 Å². The van der Waals surface area contributed by atoms with Crippen molar-refractivity contribution in [3.63, 3.8) is 0 Å². The second-order valence-corrected chi connectivity index (χ2v) is 4.08.